The van der Waals surface area contributed by atoms with Crippen molar-refractivity contribution in [3.05, 3.63) is 18.0 Å². The standard InChI is InChI=1S/C14H28N4/c1-5-18-14(8-10-16-18)12-15-9-6-7-11-17(4)13(2)3/h8,10,13,15H,5-7,9,11-12H2,1-4H3. The minimum Gasteiger partial charge on any atom is -0.311 e. The van der Waals surface area contributed by atoms with E-state index < -0.39 is 0 Å². The topological polar surface area (TPSA) is 33.1 Å². The second kappa shape index (κ2) is 8.27. The number of hydrogen-bond acceptors (Lipinski definition) is 3. The van der Waals surface area contributed by atoms with Crippen molar-refractivity contribution in [2.45, 2.75) is 52.7 Å². The predicted octanol–water partition coefficient (Wildman–Crippen LogP) is 2.11. The van der Waals surface area contributed by atoms with Gasteiger partial charge in [0.15, 0.2) is 0 Å². The first-order chi connectivity index (χ1) is 8.65. The highest BCUT2D eigenvalue weighted by Gasteiger charge is 2.02. The van der Waals surface area contributed by atoms with Crippen molar-refractivity contribution in [2.24, 2.45) is 0 Å². The van der Waals surface area contributed by atoms with Crippen molar-refractivity contribution in [3.8, 4) is 0 Å². The van der Waals surface area contributed by atoms with Gasteiger partial charge in [0.2, 0.25) is 0 Å². The van der Waals surface area contributed by atoms with Gasteiger partial charge in [0, 0.05) is 25.3 Å². The summed E-state index contributed by atoms with van der Waals surface area (Å²) >= 11 is 0. The molecular weight excluding hydrogens is 224 g/mol. The van der Waals surface area contributed by atoms with Crippen molar-refractivity contribution in [3.63, 3.8) is 0 Å². The smallest absolute Gasteiger partial charge is 0.0521 e. The molecular formula is C14H28N4. The lowest BCUT2D eigenvalue weighted by Gasteiger charge is -2.20. The monoisotopic (exact) mass is 252 g/mol. The molecule has 0 aliphatic rings. The minimum atomic E-state index is 0.650. The zero-order chi connectivity index (χ0) is 13.4. The van der Waals surface area contributed by atoms with E-state index in [1.54, 1.807) is 0 Å². The maximum atomic E-state index is 4.26. The summed E-state index contributed by atoms with van der Waals surface area (Å²) in [5.41, 5.74) is 1.27. The summed E-state index contributed by atoms with van der Waals surface area (Å²) in [5, 5.41) is 7.75. The molecule has 1 aromatic rings. The molecule has 1 heterocycles. The summed E-state index contributed by atoms with van der Waals surface area (Å²) in [6, 6.07) is 2.74. The Bertz CT molecular complexity index is 319. The van der Waals surface area contributed by atoms with Crippen molar-refractivity contribution in [1.82, 2.24) is 20.0 Å². The van der Waals surface area contributed by atoms with Gasteiger partial charge in [-0.1, -0.05) is 0 Å². The van der Waals surface area contributed by atoms with Crippen LogP contribution < -0.4 is 5.32 Å². The van der Waals surface area contributed by atoms with E-state index in [9.17, 15) is 0 Å². The molecule has 0 saturated heterocycles. The van der Waals surface area contributed by atoms with E-state index in [4.69, 9.17) is 0 Å². The Morgan fingerprint density at radius 3 is 2.83 bits per heavy atom. The fourth-order valence-electron chi connectivity index (χ4n) is 1.88. The summed E-state index contributed by atoms with van der Waals surface area (Å²) in [6.07, 6.45) is 4.37. The molecule has 1 rings (SSSR count). The molecule has 0 aliphatic heterocycles. The van der Waals surface area contributed by atoms with Gasteiger partial charge in [0.25, 0.3) is 0 Å². The average Bonchev–Trinajstić information content (AvgIpc) is 2.80. The number of nitrogens with one attached hydrogen (secondary N) is 1. The molecule has 0 aliphatic carbocycles. The van der Waals surface area contributed by atoms with Crippen LogP contribution in [-0.4, -0.2) is 40.9 Å². The van der Waals surface area contributed by atoms with Crippen LogP contribution in [0.3, 0.4) is 0 Å². The van der Waals surface area contributed by atoms with Crippen molar-refractivity contribution >= 4 is 0 Å². The van der Waals surface area contributed by atoms with E-state index in [0.717, 1.165) is 19.6 Å². The molecule has 0 saturated carbocycles. The molecule has 0 spiro atoms. The minimum absolute atomic E-state index is 0.650. The lowest BCUT2D eigenvalue weighted by atomic mass is 10.2. The van der Waals surface area contributed by atoms with Crippen LogP contribution in [0.15, 0.2) is 12.3 Å². The highest BCUT2D eigenvalue weighted by Crippen LogP contribution is 1.99. The van der Waals surface area contributed by atoms with E-state index in [2.05, 4.69) is 49.2 Å². The van der Waals surface area contributed by atoms with Gasteiger partial charge in [0.05, 0.1) is 5.69 Å². The summed E-state index contributed by atoms with van der Waals surface area (Å²) in [4.78, 5) is 2.39. The third-order valence-electron chi connectivity index (χ3n) is 3.41. The Labute approximate surface area is 111 Å². The quantitative estimate of drug-likeness (QED) is 0.683. The van der Waals surface area contributed by atoms with Gasteiger partial charge in [-0.05, 0) is 59.8 Å². The van der Waals surface area contributed by atoms with Gasteiger partial charge in [-0.2, -0.15) is 5.10 Å². The molecule has 18 heavy (non-hydrogen) atoms. The van der Waals surface area contributed by atoms with Gasteiger partial charge in [-0.15, -0.1) is 0 Å². The molecule has 0 atom stereocenters. The molecule has 4 nitrogen and oxygen atoms in total. The normalized spacial score (nSPS) is 11.7. The first kappa shape index (κ1) is 15.2. The lowest BCUT2D eigenvalue weighted by molar-refractivity contribution is 0.268. The SMILES string of the molecule is CCn1nccc1CNCCCCN(C)C(C)C. The van der Waals surface area contributed by atoms with Crippen LogP contribution in [0.1, 0.15) is 39.3 Å². The Balaban J connectivity index is 2.05. The number of nitrogens with zero attached hydrogens (tertiary/aromatic N) is 3. The first-order valence-electron chi connectivity index (χ1n) is 7.06. The zero-order valence-corrected chi connectivity index (χ0v) is 12.3. The van der Waals surface area contributed by atoms with E-state index in [-0.39, 0.29) is 0 Å². The van der Waals surface area contributed by atoms with Gasteiger partial charge in [0.1, 0.15) is 0 Å². The van der Waals surface area contributed by atoms with E-state index >= 15 is 0 Å². The van der Waals surface area contributed by atoms with E-state index in [1.165, 1.54) is 25.1 Å². The maximum Gasteiger partial charge on any atom is 0.0521 e. The number of aromatic nitrogens is 2. The Kier molecular flexibility index (Phi) is 6.98. The third kappa shape index (κ3) is 5.19. The fourth-order valence-corrected chi connectivity index (χ4v) is 1.88. The average molecular weight is 252 g/mol. The molecule has 0 unspecified atom stereocenters. The first-order valence-corrected chi connectivity index (χ1v) is 7.06. The van der Waals surface area contributed by atoms with E-state index in [1.807, 2.05) is 10.9 Å². The number of aryl methyl sites for hydroxylation is 1. The predicted molar refractivity (Wildman–Crippen MR) is 76.6 cm³/mol. The van der Waals surface area contributed by atoms with Crippen LogP contribution in [0.4, 0.5) is 0 Å². The molecule has 0 radical (unpaired) electrons. The van der Waals surface area contributed by atoms with Gasteiger partial charge in [-0.3, -0.25) is 4.68 Å². The fraction of sp³-hybridized carbons (Fsp3) is 0.786. The van der Waals surface area contributed by atoms with Crippen LogP contribution in [0.5, 0.6) is 0 Å². The Morgan fingerprint density at radius 2 is 2.17 bits per heavy atom. The highest BCUT2D eigenvalue weighted by molar-refractivity contribution is 4.99. The second-order valence-electron chi connectivity index (χ2n) is 5.10. The van der Waals surface area contributed by atoms with Crippen molar-refractivity contribution < 1.29 is 0 Å². The van der Waals surface area contributed by atoms with E-state index in [0.29, 0.717) is 6.04 Å². The summed E-state index contributed by atoms with van der Waals surface area (Å²) in [6.45, 7) is 10.7. The van der Waals surface area contributed by atoms with Crippen LogP contribution in [-0.2, 0) is 13.1 Å². The van der Waals surface area contributed by atoms with Crippen LogP contribution >= 0.6 is 0 Å². The van der Waals surface area contributed by atoms with Crippen molar-refractivity contribution in [2.75, 3.05) is 20.1 Å². The number of hydrogen-bond donors (Lipinski definition) is 1. The van der Waals surface area contributed by atoms with Crippen molar-refractivity contribution in [1.29, 1.82) is 0 Å². The molecule has 0 aromatic carbocycles. The van der Waals surface area contributed by atoms with Crippen LogP contribution in [0, 0.1) is 0 Å². The lowest BCUT2D eigenvalue weighted by Crippen LogP contribution is -2.28. The number of unbranched alkanes of at least 4 members (excludes halogenated alkanes) is 1. The summed E-state index contributed by atoms with van der Waals surface area (Å²) in [7, 11) is 2.19. The zero-order valence-electron chi connectivity index (χ0n) is 12.3. The Morgan fingerprint density at radius 1 is 1.39 bits per heavy atom. The highest BCUT2D eigenvalue weighted by atomic mass is 15.3. The van der Waals surface area contributed by atoms with Gasteiger partial charge < -0.3 is 10.2 Å². The second-order valence-corrected chi connectivity index (χ2v) is 5.10. The maximum absolute atomic E-state index is 4.26. The number of rotatable bonds is 9. The Hall–Kier alpha value is -0.870. The molecule has 1 aromatic heterocycles. The molecule has 1 N–H and O–H groups in total. The molecule has 0 amide bonds. The molecule has 4 heteroatoms. The third-order valence-corrected chi connectivity index (χ3v) is 3.41. The van der Waals surface area contributed by atoms with Crippen LogP contribution in [0.2, 0.25) is 0 Å². The molecule has 104 valence electrons. The summed E-state index contributed by atoms with van der Waals surface area (Å²) in [5.74, 6) is 0. The van der Waals surface area contributed by atoms with Crippen LogP contribution in [0.25, 0.3) is 0 Å². The molecule has 0 fully saturated rings. The van der Waals surface area contributed by atoms with Gasteiger partial charge in [-0.25, -0.2) is 0 Å². The molecule has 0 bridgehead atoms. The van der Waals surface area contributed by atoms with Gasteiger partial charge >= 0.3 is 0 Å². The largest absolute Gasteiger partial charge is 0.311 e. The summed E-state index contributed by atoms with van der Waals surface area (Å²) < 4.78 is 2.04.